The molecule has 1 fully saturated rings. The summed E-state index contributed by atoms with van der Waals surface area (Å²) in [5.74, 6) is 1.20. The first-order valence-electron chi connectivity index (χ1n) is 11.5. The van der Waals surface area contributed by atoms with E-state index in [1.165, 1.54) is 12.1 Å². The van der Waals surface area contributed by atoms with E-state index in [0.29, 0.717) is 36.0 Å². The minimum absolute atomic E-state index is 0.116. The summed E-state index contributed by atoms with van der Waals surface area (Å²) in [6.07, 6.45) is -1.03. The maximum atomic E-state index is 13.5. The van der Waals surface area contributed by atoms with E-state index in [1.54, 1.807) is 19.5 Å². The molecule has 4 rings (SSSR count). The van der Waals surface area contributed by atoms with Gasteiger partial charge in [-0.05, 0) is 46.9 Å². The molecule has 1 aromatic heterocycles. The summed E-state index contributed by atoms with van der Waals surface area (Å²) in [6.45, 7) is 7.09. The summed E-state index contributed by atoms with van der Waals surface area (Å²) in [5, 5.41) is 3.08. The maximum Gasteiger partial charge on any atom is 0.416 e. The highest BCUT2D eigenvalue weighted by molar-refractivity contribution is 5.75. The fraction of sp³-hybridized carbons (Fsp3) is 0.385. The fourth-order valence-electron chi connectivity index (χ4n) is 4.05. The van der Waals surface area contributed by atoms with Crippen molar-refractivity contribution >= 4 is 11.6 Å². The summed E-state index contributed by atoms with van der Waals surface area (Å²) in [7, 11) is 1.56. The number of nitrogens with one attached hydrogen (secondary N) is 1. The molecule has 0 saturated carbocycles. The molecular weight excluding hydrogens is 457 g/mol. The highest BCUT2D eigenvalue weighted by Crippen LogP contribution is 2.38. The zero-order chi connectivity index (χ0) is 25.0. The van der Waals surface area contributed by atoms with Crippen LogP contribution in [0.15, 0.2) is 48.8 Å². The Morgan fingerprint density at radius 3 is 2.37 bits per heavy atom. The van der Waals surface area contributed by atoms with Crippen molar-refractivity contribution in [2.45, 2.75) is 32.5 Å². The lowest BCUT2D eigenvalue weighted by Crippen LogP contribution is -2.36. The molecular formula is C26H29F3N4O2. The van der Waals surface area contributed by atoms with Crippen LogP contribution >= 0.6 is 0 Å². The van der Waals surface area contributed by atoms with Gasteiger partial charge in [0.2, 0.25) is 5.95 Å². The van der Waals surface area contributed by atoms with Crippen molar-refractivity contribution in [3.63, 3.8) is 0 Å². The van der Waals surface area contributed by atoms with E-state index < -0.39 is 11.7 Å². The highest BCUT2D eigenvalue weighted by Gasteiger charge is 2.31. The van der Waals surface area contributed by atoms with Crippen LogP contribution in [0.4, 0.5) is 24.8 Å². The van der Waals surface area contributed by atoms with Gasteiger partial charge in [0.15, 0.2) is 0 Å². The minimum atomic E-state index is -4.45. The van der Waals surface area contributed by atoms with E-state index in [-0.39, 0.29) is 12.5 Å². The van der Waals surface area contributed by atoms with Crippen LogP contribution in [0.2, 0.25) is 0 Å². The summed E-state index contributed by atoms with van der Waals surface area (Å²) in [6, 6.07) is 9.58. The Balaban J connectivity index is 1.64. The zero-order valence-corrected chi connectivity index (χ0v) is 20.0. The summed E-state index contributed by atoms with van der Waals surface area (Å²) < 4.78 is 51.5. The number of halogens is 3. The summed E-state index contributed by atoms with van der Waals surface area (Å²) in [5.41, 5.74) is 3.12. The Morgan fingerprint density at radius 2 is 1.74 bits per heavy atom. The molecule has 0 atom stereocenters. The molecule has 1 N–H and O–H groups in total. The van der Waals surface area contributed by atoms with Gasteiger partial charge in [-0.3, -0.25) is 0 Å². The predicted octanol–water partition coefficient (Wildman–Crippen LogP) is 5.74. The Morgan fingerprint density at radius 1 is 1.03 bits per heavy atom. The summed E-state index contributed by atoms with van der Waals surface area (Å²) >= 11 is 0. The molecule has 9 heteroatoms. The third kappa shape index (κ3) is 5.85. The van der Waals surface area contributed by atoms with Crippen molar-refractivity contribution in [1.29, 1.82) is 0 Å². The van der Waals surface area contributed by atoms with Crippen molar-refractivity contribution in [2.24, 2.45) is 0 Å². The molecule has 2 aromatic carbocycles. The monoisotopic (exact) mass is 486 g/mol. The maximum absolute atomic E-state index is 13.5. The van der Waals surface area contributed by atoms with Gasteiger partial charge in [0.25, 0.3) is 0 Å². The van der Waals surface area contributed by atoms with Crippen LogP contribution in [0.3, 0.4) is 0 Å². The van der Waals surface area contributed by atoms with Crippen molar-refractivity contribution in [1.82, 2.24) is 9.97 Å². The number of alkyl halides is 3. The summed E-state index contributed by atoms with van der Waals surface area (Å²) in [4.78, 5) is 10.9. The van der Waals surface area contributed by atoms with Gasteiger partial charge in [0.05, 0.1) is 44.0 Å². The minimum Gasteiger partial charge on any atom is -0.496 e. The first kappa shape index (κ1) is 24.8. The van der Waals surface area contributed by atoms with Crippen LogP contribution in [0.25, 0.3) is 11.1 Å². The first-order valence-corrected chi connectivity index (χ1v) is 11.5. The number of benzene rings is 2. The number of hydrogen-bond acceptors (Lipinski definition) is 6. The Hall–Kier alpha value is -3.33. The van der Waals surface area contributed by atoms with E-state index in [1.807, 2.05) is 18.2 Å². The van der Waals surface area contributed by atoms with Crippen molar-refractivity contribution in [3.8, 4) is 16.9 Å². The molecule has 35 heavy (non-hydrogen) atoms. The largest absolute Gasteiger partial charge is 0.496 e. The second kappa shape index (κ2) is 10.5. The second-order valence-electron chi connectivity index (χ2n) is 8.70. The molecule has 0 amide bonds. The van der Waals surface area contributed by atoms with Crippen LogP contribution in [0.1, 0.15) is 36.5 Å². The second-order valence-corrected chi connectivity index (χ2v) is 8.70. The van der Waals surface area contributed by atoms with Crippen LogP contribution in [-0.4, -0.2) is 43.4 Å². The number of anilines is 2. The topological polar surface area (TPSA) is 59.5 Å². The standard InChI is InChI=1S/C26H29F3N4O2/c1-17(2)18-4-7-24(34-3)23(13-18)22-6-5-20(26(27,28)29)12-19(22)14-30-25-31-15-21(16-32-25)33-8-10-35-11-9-33/h4-7,12-13,15-17H,8-11,14H2,1-3H3,(H,30,31,32). The lowest BCUT2D eigenvalue weighted by atomic mass is 9.92. The van der Waals surface area contributed by atoms with Crippen molar-refractivity contribution < 1.29 is 22.6 Å². The smallest absolute Gasteiger partial charge is 0.416 e. The average Bonchev–Trinajstić information content (AvgIpc) is 2.87. The Labute approximate surface area is 203 Å². The van der Waals surface area contributed by atoms with E-state index in [4.69, 9.17) is 9.47 Å². The Bertz CT molecular complexity index is 1140. The zero-order valence-electron chi connectivity index (χ0n) is 20.0. The van der Waals surface area contributed by atoms with Gasteiger partial charge >= 0.3 is 6.18 Å². The van der Waals surface area contributed by atoms with Crippen LogP contribution in [0.5, 0.6) is 5.75 Å². The lowest BCUT2D eigenvalue weighted by Gasteiger charge is -2.28. The quantitative estimate of drug-likeness (QED) is 0.459. The third-order valence-corrected chi connectivity index (χ3v) is 6.06. The molecule has 1 saturated heterocycles. The third-order valence-electron chi connectivity index (χ3n) is 6.06. The van der Waals surface area contributed by atoms with Crippen LogP contribution in [0, 0.1) is 0 Å². The number of methoxy groups -OCH3 is 1. The molecule has 0 bridgehead atoms. The van der Waals surface area contributed by atoms with Gasteiger partial charge in [-0.1, -0.05) is 26.0 Å². The number of aromatic nitrogens is 2. The molecule has 0 unspecified atom stereocenters. The highest BCUT2D eigenvalue weighted by atomic mass is 19.4. The number of rotatable bonds is 7. The van der Waals surface area contributed by atoms with Gasteiger partial charge in [-0.15, -0.1) is 0 Å². The average molecular weight is 487 g/mol. The molecule has 0 spiro atoms. The van der Waals surface area contributed by atoms with E-state index >= 15 is 0 Å². The molecule has 0 aliphatic carbocycles. The van der Waals surface area contributed by atoms with Gasteiger partial charge in [0, 0.05) is 25.2 Å². The SMILES string of the molecule is COc1ccc(C(C)C)cc1-c1ccc(C(F)(F)F)cc1CNc1ncc(N2CCOCC2)cn1. The predicted molar refractivity (Wildman–Crippen MR) is 130 cm³/mol. The van der Waals surface area contributed by atoms with E-state index in [9.17, 15) is 13.2 Å². The molecule has 0 radical (unpaired) electrons. The van der Waals surface area contributed by atoms with Gasteiger partial charge in [-0.2, -0.15) is 13.2 Å². The Kier molecular flexibility index (Phi) is 7.45. The van der Waals surface area contributed by atoms with Crippen molar-refractivity contribution in [2.75, 3.05) is 43.6 Å². The molecule has 1 aliphatic heterocycles. The van der Waals surface area contributed by atoms with Crippen molar-refractivity contribution in [3.05, 3.63) is 65.5 Å². The van der Waals surface area contributed by atoms with E-state index in [2.05, 4.69) is 34.0 Å². The molecule has 2 heterocycles. The van der Waals surface area contributed by atoms with Gasteiger partial charge in [-0.25, -0.2) is 9.97 Å². The first-order chi connectivity index (χ1) is 16.8. The number of ether oxygens (including phenoxy) is 2. The number of morpholine rings is 1. The van der Waals surface area contributed by atoms with Crippen LogP contribution in [-0.2, 0) is 17.5 Å². The normalized spacial score (nSPS) is 14.3. The molecule has 6 nitrogen and oxygen atoms in total. The van der Waals surface area contributed by atoms with Crippen LogP contribution < -0.4 is 15.0 Å². The number of hydrogen-bond donors (Lipinski definition) is 1. The fourth-order valence-corrected chi connectivity index (χ4v) is 4.05. The molecule has 186 valence electrons. The van der Waals surface area contributed by atoms with Gasteiger partial charge in [0.1, 0.15) is 5.75 Å². The lowest BCUT2D eigenvalue weighted by molar-refractivity contribution is -0.137. The molecule has 3 aromatic rings. The van der Waals surface area contributed by atoms with Gasteiger partial charge < -0.3 is 19.7 Å². The molecule has 1 aliphatic rings. The van der Waals surface area contributed by atoms with E-state index in [0.717, 1.165) is 36.0 Å². The number of nitrogens with zero attached hydrogens (tertiary/aromatic N) is 3.